The summed E-state index contributed by atoms with van der Waals surface area (Å²) in [7, 11) is 1.15. The van der Waals surface area contributed by atoms with Crippen molar-refractivity contribution in [2.75, 3.05) is 6.61 Å². The summed E-state index contributed by atoms with van der Waals surface area (Å²) in [6.45, 7) is 0.411. The largest absolute Gasteiger partial charge is 0.487 e. The van der Waals surface area contributed by atoms with E-state index in [-0.39, 0.29) is 10.6 Å². The molecule has 6 nitrogen and oxygen atoms in total. The Hall–Kier alpha value is -1.34. The van der Waals surface area contributed by atoms with Crippen LogP contribution >= 0.6 is 10.7 Å². The molecule has 1 saturated carbocycles. The first-order valence-corrected chi connectivity index (χ1v) is 7.55. The summed E-state index contributed by atoms with van der Waals surface area (Å²) in [6, 6.07) is 3.36. The van der Waals surface area contributed by atoms with Gasteiger partial charge in [-0.3, -0.25) is 10.1 Å². The predicted molar refractivity (Wildman–Crippen MR) is 64.4 cm³/mol. The van der Waals surface area contributed by atoms with Crippen molar-refractivity contribution >= 4 is 25.4 Å². The summed E-state index contributed by atoms with van der Waals surface area (Å²) in [6.07, 6.45) is 2.11. The highest BCUT2D eigenvalue weighted by Crippen LogP contribution is 2.34. The Morgan fingerprint density at radius 3 is 2.61 bits per heavy atom. The fourth-order valence-corrected chi connectivity index (χ4v) is 2.18. The van der Waals surface area contributed by atoms with Gasteiger partial charge in [-0.25, -0.2) is 8.42 Å². The van der Waals surface area contributed by atoms with E-state index in [4.69, 9.17) is 15.4 Å². The fourth-order valence-electron chi connectivity index (χ4n) is 1.41. The predicted octanol–water partition coefficient (Wildman–Crippen LogP) is 2.31. The van der Waals surface area contributed by atoms with Gasteiger partial charge in [0.2, 0.25) is 0 Å². The van der Waals surface area contributed by atoms with Crippen LogP contribution in [0.1, 0.15) is 12.8 Å². The molecule has 0 bridgehead atoms. The number of hydrogen-bond acceptors (Lipinski definition) is 5. The van der Waals surface area contributed by atoms with Crippen molar-refractivity contribution in [2.45, 2.75) is 17.7 Å². The lowest BCUT2D eigenvalue weighted by Gasteiger charge is -2.06. The zero-order chi connectivity index (χ0) is 13.3. The van der Waals surface area contributed by atoms with Crippen molar-refractivity contribution in [1.29, 1.82) is 0 Å². The summed E-state index contributed by atoms with van der Waals surface area (Å²) in [4.78, 5) is 9.85. The van der Waals surface area contributed by atoms with Gasteiger partial charge in [0.25, 0.3) is 9.05 Å². The van der Waals surface area contributed by atoms with Crippen molar-refractivity contribution in [1.82, 2.24) is 0 Å². The van der Waals surface area contributed by atoms with E-state index < -0.39 is 19.7 Å². The maximum Gasteiger partial charge on any atom is 0.312 e. The molecule has 2 rings (SSSR count). The smallest absolute Gasteiger partial charge is 0.312 e. The first-order chi connectivity index (χ1) is 8.38. The van der Waals surface area contributed by atoms with Gasteiger partial charge in [-0.05, 0) is 30.9 Å². The highest BCUT2D eigenvalue weighted by Gasteiger charge is 2.25. The van der Waals surface area contributed by atoms with Crippen LogP contribution in [0, 0.1) is 16.0 Å². The second-order valence-electron chi connectivity index (χ2n) is 4.08. The zero-order valence-electron chi connectivity index (χ0n) is 9.21. The molecule has 1 aromatic rings. The molecule has 0 saturated heterocycles. The van der Waals surface area contributed by atoms with Crippen LogP contribution in [0.25, 0.3) is 0 Å². The molecule has 0 aromatic heterocycles. The molecule has 0 atom stereocenters. The van der Waals surface area contributed by atoms with E-state index in [1.54, 1.807) is 0 Å². The van der Waals surface area contributed by atoms with Crippen molar-refractivity contribution in [3.63, 3.8) is 0 Å². The first kappa shape index (κ1) is 13.1. The van der Waals surface area contributed by atoms with Gasteiger partial charge in [0, 0.05) is 16.7 Å². The number of rotatable bonds is 5. The van der Waals surface area contributed by atoms with Gasteiger partial charge in [-0.1, -0.05) is 0 Å². The van der Waals surface area contributed by atoms with Crippen molar-refractivity contribution < 1.29 is 18.1 Å². The molecule has 1 fully saturated rings. The van der Waals surface area contributed by atoms with Crippen LogP contribution in [0.4, 0.5) is 5.69 Å². The summed E-state index contributed by atoms with van der Waals surface area (Å²) in [5, 5.41) is 10.8. The minimum Gasteiger partial charge on any atom is -0.487 e. The highest BCUT2D eigenvalue weighted by molar-refractivity contribution is 8.13. The van der Waals surface area contributed by atoms with Crippen LogP contribution in [0.5, 0.6) is 5.75 Å². The van der Waals surface area contributed by atoms with Crippen molar-refractivity contribution in [2.24, 2.45) is 5.92 Å². The number of nitrogens with zero attached hydrogens (tertiary/aromatic N) is 1. The third kappa shape index (κ3) is 3.11. The molecule has 18 heavy (non-hydrogen) atoms. The fraction of sp³-hybridized carbons (Fsp3) is 0.400. The van der Waals surface area contributed by atoms with Crippen LogP contribution in [-0.4, -0.2) is 19.9 Å². The minimum atomic E-state index is -3.98. The molecule has 1 aliphatic rings. The monoisotopic (exact) mass is 291 g/mol. The number of benzene rings is 1. The summed E-state index contributed by atoms with van der Waals surface area (Å²) < 4.78 is 27.5. The van der Waals surface area contributed by atoms with Gasteiger partial charge in [0.15, 0.2) is 5.75 Å². The van der Waals surface area contributed by atoms with Crippen LogP contribution in [0.3, 0.4) is 0 Å². The molecule has 0 radical (unpaired) electrons. The molecule has 0 spiro atoms. The van der Waals surface area contributed by atoms with E-state index in [0.29, 0.717) is 12.5 Å². The molecule has 1 aromatic carbocycles. The quantitative estimate of drug-likeness (QED) is 0.472. The lowest BCUT2D eigenvalue weighted by atomic mass is 10.3. The third-order valence-corrected chi connectivity index (χ3v) is 3.93. The topological polar surface area (TPSA) is 86.5 Å². The van der Waals surface area contributed by atoms with Crippen LogP contribution in [0.15, 0.2) is 23.1 Å². The molecule has 1 aliphatic carbocycles. The summed E-state index contributed by atoms with van der Waals surface area (Å²) in [5.74, 6) is 0.511. The Kier molecular flexibility index (Phi) is 3.45. The number of nitro benzene ring substituents is 1. The van der Waals surface area contributed by atoms with Gasteiger partial charge in [-0.15, -0.1) is 0 Å². The van der Waals surface area contributed by atoms with E-state index in [1.807, 2.05) is 0 Å². The molecule has 0 heterocycles. The lowest BCUT2D eigenvalue weighted by molar-refractivity contribution is -0.386. The maximum atomic E-state index is 11.1. The van der Waals surface area contributed by atoms with Crippen LogP contribution in [-0.2, 0) is 9.05 Å². The van der Waals surface area contributed by atoms with Crippen molar-refractivity contribution in [3.8, 4) is 5.75 Å². The molecule has 0 aliphatic heterocycles. The van der Waals surface area contributed by atoms with Gasteiger partial charge in [0.05, 0.1) is 16.4 Å². The third-order valence-electron chi connectivity index (χ3n) is 2.58. The van der Waals surface area contributed by atoms with E-state index in [2.05, 4.69) is 0 Å². The Labute approximate surface area is 108 Å². The summed E-state index contributed by atoms with van der Waals surface area (Å²) in [5.41, 5.74) is -0.391. The number of hydrogen-bond donors (Lipinski definition) is 0. The lowest BCUT2D eigenvalue weighted by Crippen LogP contribution is -2.03. The number of nitro groups is 1. The molecule has 98 valence electrons. The van der Waals surface area contributed by atoms with Crippen LogP contribution < -0.4 is 4.74 Å². The second-order valence-corrected chi connectivity index (χ2v) is 6.64. The molecule has 0 amide bonds. The Balaban J connectivity index is 2.31. The minimum absolute atomic E-state index is 0.0657. The van der Waals surface area contributed by atoms with Gasteiger partial charge >= 0.3 is 5.69 Å². The first-order valence-electron chi connectivity index (χ1n) is 5.24. The van der Waals surface area contributed by atoms with E-state index in [0.717, 1.165) is 18.9 Å². The molecule has 0 N–H and O–H groups in total. The van der Waals surface area contributed by atoms with Gasteiger partial charge in [0.1, 0.15) is 0 Å². The number of ether oxygens (including phenoxy) is 1. The second kappa shape index (κ2) is 4.74. The van der Waals surface area contributed by atoms with E-state index >= 15 is 0 Å². The van der Waals surface area contributed by atoms with Crippen LogP contribution in [0.2, 0.25) is 0 Å². The van der Waals surface area contributed by atoms with Gasteiger partial charge in [-0.2, -0.15) is 0 Å². The number of halogens is 1. The average molecular weight is 292 g/mol. The molecular weight excluding hydrogens is 282 g/mol. The normalized spacial score (nSPS) is 15.4. The molecule has 0 unspecified atom stereocenters. The Morgan fingerprint density at radius 1 is 1.44 bits per heavy atom. The van der Waals surface area contributed by atoms with E-state index in [1.165, 1.54) is 12.1 Å². The molecular formula is C10H10ClNO5S. The average Bonchev–Trinajstić information content (AvgIpc) is 3.08. The summed E-state index contributed by atoms with van der Waals surface area (Å²) >= 11 is 0. The maximum absolute atomic E-state index is 11.1. The molecule has 8 heteroatoms. The zero-order valence-corrected chi connectivity index (χ0v) is 10.8. The SMILES string of the molecule is O=[N+]([O-])c1cc(S(=O)(=O)Cl)ccc1OCC1CC1. The Bertz CT molecular complexity index is 582. The Morgan fingerprint density at radius 2 is 2.11 bits per heavy atom. The van der Waals surface area contributed by atoms with Gasteiger partial charge < -0.3 is 4.74 Å². The highest BCUT2D eigenvalue weighted by atomic mass is 35.7. The van der Waals surface area contributed by atoms with E-state index in [9.17, 15) is 18.5 Å². The van der Waals surface area contributed by atoms with Crippen molar-refractivity contribution in [3.05, 3.63) is 28.3 Å². The standard InChI is InChI=1S/C10H10ClNO5S/c11-18(15,16)8-3-4-10(9(5-8)12(13)14)17-6-7-1-2-7/h3-5,7H,1-2,6H2.